The van der Waals surface area contributed by atoms with E-state index in [1.165, 1.54) is 11.1 Å². The average molecular weight is 361 g/mol. The minimum atomic E-state index is -0.254. The number of hydrogen-bond donors (Lipinski definition) is 3. The standard InChI is InChI=1S/C22H23N3O2/c1-14-5-4-7-15-6-2-3-8-18(15)20(14)25-22(27)24-17-10-9-16-11-12-23-21(26)19(16)13-17/h2-3,6,8-14,20H,4-5,7H2,1H3,(H,23,26)(H2,24,25,27). The number of aryl methyl sites for hydroxylation is 1. The first kappa shape index (κ1) is 17.3. The third-order valence-corrected chi connectivity index (χ3v) is 5.38. The molecule has 0 radical (unpaired) electrons. The first-order valence-electron chi connectivity index (χ1n) is 9.38. The van der Waals surface area contributed by atoms with Crippen LogP contribution in [0.25, 0.3) is 10.8 Å². The van der Waals surface area contributed by atoms with Crippen LogP contribution in [0.2, 0.25) is 0 Å². The van der Waals surface area contributed by atoms with Gasteiger partial charge in [-0.15, -0.1) is 0 Å². The van der Waals surface area contributed by atoms with Crippen LogP contribution in [0.4, 0.5) is 10.5 Å². The Hall–Kier alpha value is -3.08. The smallest absolute Gasteiger partial charge is 0.319 e. The number of aromatic amines is 1. The van der Waals surface area contributed by atoms with Gasteiger partial charge in [0.1, 0.15) is 0 Å². The van der Waals surface area contributed by atoms with Crippen molar-refractivity contribution in [1.29, 1.82) is 0 Å². The number of anilines is 1. The Morgan fingerprint density at radius 3 is 2.89 bits per heavy atom. The van der Waals surface area contributed by atoms with Crippen LogP contribution in [-0.4, -0.2) is 11.0 Å². The van der Waals surface area contributed by atoms with Crippen molar-refractivity contribution in [3.63, 3.8) is 0 Å². The molecule has 2 aromatic carbocycles. The van der Waals surface area contributed by atoms with Crippen LogP contribution in [0, 0.1) is 5.92 Å². The molecule has 2 atom stereocenters. The SMILES string of the molecule is CC1CCCc2ccccc2C1NC(=O)Nc1ccc2cc[nH]c(=O)c2c1. The predicted molar refractivity (Wildman–Crippen MR) is 108 cm³/mol. The minimum absolute atomic E-state index is 0.0208. The Morgan fingerprint density at radius 1 is 1.15 bits per heavy atom. The van der Waals surface area contributed by atoms with E-state index in [2.05, 4.69) is 40.7 Å². The van der Waals surface area contributed by atoms with Crippen molar-refractivity contribution >= 4 is 22.5 Å². The number of urea groups is 1. The maximum absolute atomic E-state index is 12.7. The zero-order valence-electron chi connectivity index (χ0n) is 15.3. The van der Waals surface area contributed by atoms with Gasteiger partial charge in [0.15, 0.2) is 0 Å². The lowest BCUT2D eigenvalue weighted by Crippen LogP contribution is -2.35. The number of hydrogen-bond acceptors (Lipinski definition) is 2. The van der Waals surface area contributed by atoms with Gasteiger partial charge >= 0.3 is 6.03 Å². The molecule has 138 valence electrons. The molecular weight excluding hydrogens is 338 g/mol. The summed E-state index contributed by atoms with van der Waals surface area (Å²) in [6.07, 6.45) is 4.87. The predicted octanol–water partition coefficient (Wildman–Crippen LogP) is 4.36. The Morgan fingerprint density at radius 2 is 2.00 bits per heavy atom. The van der Waals surface area contributed by atoms with Gasteiger partial charge in [-0.25, -0.2) is 4.79 Å². The quantitative estimate of drug-likeness (QED) is 0.593. The van der Waals surface area contributed by atoms with Crippen molar-refractivity contribution in [1.82, 2.24) is 10.3 Å². The van der Waals surface area contributed by atoms with Crippen molar-refractivity contribution < 1.29 is 4.79 Å². The number of amides is 2. The van der Waals surface area contributed by atoms with Crippen molar-refractivity contribution in [2.45, 2.75) is 32.2 Å². The number of carbonyl (C=O) groups excluding carboxylic acids is 1. The van der Waals surface area contributed by atoms with Gasteiger partial charge in [0.2, 0.25) is 0 Å². The summed E-state index contributed by atoms with van der Waals surface area (Å²) in [7, 11) is 0. The molecule has 0 bridgehead atoms. The van der Waals surface area contributed by atoms with E-state index in [-0.39, 0.29) is 17.6 Å². The Balaban J connectivity index is 1.55. The molecule has 0 saturated carbocycles. The van der Waals surface area contributed by atoms with Gasteiger partial charge < -0.3 is 15.6 Å². The number of pyridine rings is 1. The first-order chi connectivity index (χ1) is 13.1. The van der Waals surface area contributed by atoms with E-state index in [1.54, 1.807) is 12.3 Å². The number of aromatic nitrogens is 1. The normalized spacial score (nSPS) is 19.1. The lowest BCUT2D eigenvalue weighted by atomic mass is 9.92. The van der Waals surface area contributed by atoms with Crippen LogP contribution in [0.1, 0.15) is 36.9 Å². The number of rotatable bonds is 2. The zero-order chi connectivity index (χ0) is 18.8. The molecule has 2 unspecified atom stereocenters. The molecule has 1 aliphatic carbocycles. The van der Waals surface area contributed by atoms with Gasteiger partial charge in [0, 0.05) is 17.3 Å². The summed E-state index contributed by atoms with van der Waals surface area (Å²) in [5, 5.41) is 7.42. The summed E-state index contributed by atoms with van der Waals surface area (Å²) in [6, 6.07) is 15.3. The van der Waals surface area contributed by atoms with Crippen molar-refractivity contribution in [2.24, 2.45) is 5.92 Å². The van der Waals surface area contributed by atoms with Crippen LogP contribution >= 0.6 is 0 Å². The fourth-order valence-corrected chi connectivity index (χ4v) is 3.94. The highest BCUT2D eigenvalue weighted by Crippen LogP contribution is 2.33. The van der Waals surface area contributed by atoms with Crippen LogP contribution in [-0.2, 0) is 6.42 Å². The minimum Gasteiger partial charge on any atom is -0.331 e. The van der Waals surface area contributed by atoms with Gasteiger partial charge in [-0.1, -0.05) is 37.3 Å². The molecule has 2 amide bonds. The summed E-state index contributed by atoms with van der Waals surface area (Å²) in [4.78, 5) is 27.3. The van der Waals surface area contributed by atoms with Crippen LogP contribution in [0.3, 0.4) is 0 Å². The summed E-state index contributed by atoms with van der Waals surface area (Å²) in [6.45, 7) is 2.18. The topological polar surface area (TPSA) is 74.0 Å². The molecule has 1 heterocycles. The molecule has 4 rings (SSSR count). The van der Waals surface area contributed by atoms with Crippen molar-refractivity contribution in [2.75, 3.05) is 5.32 Å². The summed E-state index contributed by atoms with van der Waals surface area (Å²) in [5.74, 6) is 0.360. The lowest BCUT2D eigenvalue weighted by molar-refractivity contribution is 0.243. The number of fused-ring (bicyclic) bond motifs is 2. The van der Waals surface area contributed by atoms with E-state index in [0.29, 0.717) is 17.0 Å². The van der Waals surface area contributed by atoms with E-state index in [9.17, 15) is 9.59 Å². The average Bonchev–Trinajstić information content (AvgIpc) is 2.82. The fraction of sp³-hybridized carbons (Fsp3) is 0.273. The molecule has 27 heavy (non-hydrogen) atoms. The van der Waals surface area contributed by atoms with Gasteiger partial charge in [-0.3, -0.25) is 4.79 Å². The van der Waals surface area contributed by atoms with E-state index in [4.69, 9.17) is 0 Å². The highest BCUT2D eigenvalue weighted by Gasteiger charge is 2.26. The summed E-state index contributed by atoms with van der Waals surface area (Å²) >= 11 is 0. The molecule has 0 aliphatic heterocycles. The third kappa shape index (κ3) is 3.58. The van der Waals surface area contributed by atoms with E-state index in [1.807, 2.05) is 24.3 Å². The maximum atomic E-state index is 12.7. The van der Waals surface area contributed by atoms with Crippen molar-refractivity contribution in [3.05, 3.63) is 76.2 Å². The highest BCUT2D eigenvalue weighted by molar-refractivity contribution is 5.93. The zero-order valence-corrected chi connectivity index (χ0v) is 15.3. The molecule has 0 spiro atoms. The molecule has 3 aromatic rings. The van der Waals surface area contributed by atoms with E-state index >= 15 is 0 Å². The summed E-state index contributed by atoms with van der Waals surface area (Å²) in [5.41, 5.74) is 2.95. The molecule has 5 nitrogen and oxygen atoms in total. The Labute approximate surface area is 157 Å². The van der Waals surface area contributed by atoms with Gasteiger partial charge in [0.25, 0.3) is 5.56 Å². The Bertz CT molecular complexity index is 1040. The van der Waals surface area contributed by atoms with Crippen LogP contribution in [0.15, 0.2) is 59.5 Å². The van der Waals surface area contributed by atoms with Crippen LogP contribution in [0.5, 0.6) is 0 Å². The molecule has 1 aromatic heterocycles. The molecule has 1 aliphatic rings. The summed E-state index contributed by atoms with van der Waals surface area (Å²) < 4.78 is 0. The number of carbonyl (C=O) groups is 1. The van der Waals surface area contributed by atoms with E-state index in [0.717, 1.165) is 24.6 Å². The largest absolute Gasteiger partial charge is 0.331 e. The number of H-pyrrole nitrogens is 1. The molecule has 0 saturated heterocycles. The Kier molecular flexibility index (Phi) is 4.67. The third-order valence-electron chi connectivity index (χ3n) is 5.38. The molecular formula is C22H23N3O2. The second-order valence-electron chi connectivity index (χ2n) is 7.25. The first-order valence-corrected chi connectivity index (χ1v) is 9.38. The monoisotopic (exact) mass is 361 g/mol. The lowest BCUT2D eigenvalue weighted by Gasteiger charge is -2.25. The molecule has 3 N–H and O–H groups in total. The highest BCUT2D eigenvalue weighted by atomic mass is 16.2. The molecule has 0 fully saturated rings. The maximum Gasteiger partial charge on any atom is 0.319 e. The second kappa shape index (κ2) is 7.27. The fourth-order valence-electron chi connectivity index (χ4n) is 3.94. The van der Waals surface area contributed by atoms with Crippen molar-refractivity contribution in [3.8, 4) is 0 Å². The van der Waals surface area contributed by atoms with Gasteiger partial charge in [-0.2, -0.15) is 0 Å². The second-order valence-corrected chi connectivity index (χ2v) is 7.25. The van der Waals surface area contributed by atoms with E-state index < -0.39 is 0 Å². The molecule has 5 heteroatoms. The van der Waals surface area contributed by atoms with Gasteiger partial charge in [0.05, 0.1) is 6.04 Å². The number of benzene rings is 2. The van der Waals surface area contributed by atoms with Crippen LogP contribution < -0.4 is 16.2 Å². The number of nitrogens with one attached hydrogen (secondary N) is 3. The van der Waals surface area contributed by atoms with Gasteiger partial charge in [-0.05, 0) is 59.9 Å².